The van der Waals surface area contributed by atoms with E-state index in [-0.39, 0.29) is 18.9 Å². The minimum Gasteiger partial charge on any atom is -0.358 e. The van der Waals surface area contributed by atoms with E-state index in [1.807, 2.05) is 0 Å². The van der Waals surface area contributed by atoms with Crippen molar-refractivity contribution in [2.24, 2.45) is 5.73 Å². The van der Waals surface area contributed by atoms with Crippen LogP contribution in [0.15, 0.2) is 0 Å². The Morgan fingerprint density at radius 1 is 1.47 bits per heavy atom. The molecule has 1 rings (SSSR count). The van der Waals surface area contributed by atoms with Crippen molar-refractivity contribution in [2.75, 3.05) is 13.6 Å². The molecule has 0 bridgehead atoms. The van der Waals surface area contributed by atoms with Crippen molar-refractivity contribution in [1.29, 1.82) is 0 Å². The summed E-state index contributed by atoms with van der Waals surface area (Å²) >= 11 is 0. The Labute approximate surface area is 111 Å². The highest BCUT2D eigenvalue weighted by atomic mass is 19.4. The molecule has 1 heterocycles. The van der Waals surface area contributed by atoms with Gasteiger partial charge in [-0.3, -0.25) is 9.69 Å². The van der Waals surface area contributed by atoms with Crippen LogP contribution in [-0.2, 0) is 4.79 Å². The van der Waals surface area contributed by atoms with Crippen LogP contribution in [0.2, 0.25) is 0 Å². The predicted molar refractivity (Wildman–Crippen MR) is 66.5 cm³/mol. The van der Waals surface area contributed by atoms with Crippen LogP contribution in [0.3, 0.4) is 0 Å². The van der Waals surface area contributed by atoms with Crippen LogP contribution in [0.1, 0.15) is 32.6 Å². The topological polar surface area (TPSA) is 58.4 Å². The number of amides is 1. The maximum atomic E-state index is 13.2. The molecular weight excluding hydrogens is 259 g/mol. The highest BCUT2D eigenvalue weighted by Crippen LogP contribution is 2.32. The lowest BCUT2D eigenvalue weighted by Gasteiger charge is -2.42. The number of hydrogen-bond donors (Lipinski definition) is 2. The number of piperidine rings is 1. The van der Waals surface area contributed by atoms with Gasteiger partial charge in [-0.05, 0) is 25.8 Å². The van der Waals surface area contributed by atoms with Crippen LogP contribution >= 0.6 is 0 Å². The monoisotopic (exact) mass is 281 g/mol. The summed E-state index contributed by atoms with van der Waals surface area (Å²) in [6.07, 6.45) is -2.32. The standard InChI is InChI=1S/C12H22F3N3O/c1-3-8(16)10(12(13,14)15)18-7-5-4-6-9(18)11(19)17-2/h8-10H,3-7,16H2,1-2H3,(H,17,19). The Morgan fingerprint density at radius 2 is 2.11 bits per heavy atom. The third-order valence-corrected chi connectivity index (χ3v) is 3.66. The molecule has 0 aliphatic carbocycles. The average molecular weight is 281 g/mol. The van der Waals surface area contributed by atoms with Gasteiger partial charge in [0.25, 0.3) is 0 Å². The van der Waals surface area contributed by atoms with Gasteiger partial charge in [-0.2, -0.15) is 13.2 Å². The summed E-state index contributed by atoms with van der Waals surface area (Å²) in [7, 11) is 1.44. The molecule has 112 valence electrons. The number of carbonyl (C=O) groups is 1. The van der Waals surface area contributed by atoms with Crippen molar-refractivity contribution in [3.63, 3.8) is 0 Å². The molecule has 0 radical (unpaired) electrons. The zero-order valence-corrected chi connectivity index (χ0v) is 11.3. The van der Waals surface area contributed by atoms with E-state index in [4.69, 9.17) is 5.73 Å². The van der Waals surface area contributed by atoms with E-state index in [1.54, 1.807) is 6.92 Å². The van der Waals surface area contributed by atoms with Crippen molar-refractivity contribution >= 4 is 5.91 Å². The minimum absolute atomic E-state index is 0.223. The number of halogens is 3. The lowest BCUT2D eigenvalue weighted by atomic mass is 9.95. The Bertz CT molecular complexity index is 309. The fourth-order valence-corrected chi connectivity index (χ4v) is 2.63. The smallest absolute Gasteiger partial charge is 0.358 e. The van der Waals surface area contributed by atoms with Gasteiger partial charge in [0.2, 0.25) is 5.91 Å². The Balaban J connectivity index is 3.00. The lowest BCUT2D eigenvalue weighted by molar-refractivity contribution is -0.199. The number of likely N-dealkylation sites (tertiary alicyclic amines) is 1. The second-order valence-electron chi connectivity index (χ2n) is 4.92. The third kappa shape index (κ3) is 3.82. The van der Waals surface area contributed by atoms with E-state index >= 15 is 0 Å². The number of nitrogens with two attached hydrogens (primary N) is 1. The van der Waals surface area contributed by atoms with Crippen LogP contribution < -0.4 is 11.1 Å². The zero-order valence-electron chi connectivity index (χ0n) is 11.3. The Kier molecular flexibility index (Phi) is 5.61. The number of alkyl halides is 3. The molecule has 3 N–H and O–H groups in total. The van der Waals surface area contributed by atoms with E-state index < -0.39 is 24.3 Å². The fraction of sp³-hybridized carbons (Fsp3) is 0.917. The van der Waals surface area contributed by atoms with Gasteiger partial charge in [0.1, 0.15) is 6.04 Å². The molecule has 0 saturated carbocycles. The number of rotatable bonds is 4. The van der Waals surface area contributed by atoms with Gasteiger partial charge >= 0.3 is 6.18 Å². The lowest BCUT2D eigenvalue weighted by Crippen LogP contribution is -2.62. The number of hydrogen-bond acceptors (Lipinski definition) is 3. The first-order valence-corrected chi connectivity index (χ1v) is 6.62. The summed E-state index contributed by atoms with van der Waals surface area (Å²) in [5.74, 6) is -0.364. The molecule has 4 nitrogen and oxygen atoms in total. The molecule has 0 spiro atoms. The highest BCUT2D eigenvalue weighted by molar-refractivity contribution is 5.81. The number of likely N-dealkylation sites (N-methyl/N-ethyl adjacent to an activating group) is 1. The summed E-state index contributed by atoms with van der Waals surface area (Å²) in [5, 5.41) is 2.44. The molecular formula is C12H22F3N3O. The minimum atomic E-state index is -4.42. The maximum Gasteiger partial charge on any atom is 0.405 e. The first-order chi connectivity index (χ1) is 8.82. The van der Waals surface area contributed by atoms with Gasteiger partial charge in [-0.1, -0.05) is 13.3 Å². The molecule has 0 aromatic rings. The van der Waals surface area contributed by atoms with Gasteiger partial charge in [-0.15, -0.1) is 0 Å². The Hall–Kier alpha value is -0.820. The molecule has 1 saturated heterocycles. The number of nitrogens with one attached hydrogen (secondary N) is 1. The van der Waals surface area contributed by atoms with Crippen LogP contribution in [0.25, 0.3) is 0 Å². The molecule has 1 aliphatic heterocycles. The van der Waals surface area contributed by atoms with Crippen molar-refractivity contribution in [3.8, 4) is 0 Å². The van der Waals surface area contributed by atoms with E-state index in [0.717, 1.165) is 6.42 Å². The second-order valence-corrected chi connectivity index (χ2v) is 4.92. The first-order valence-electron chi connectivity index (χ1n) is 6.62. The number of nitrogens with zero attached hydrogens (tertiary/aromatic N) is 1. The molecule has 1 amide bonds. The van der Waals surface area contributed by atoms with Crippen LogP contribution in [0.4, 0.5) is 13.2 Å². The summed E-state index contributed by atoms with van der Waals surface area (Å²) < 4.78 is 39.7. The largest absolute Gasteiger partial charge is 0.405 e. The maximum absolute atomic E-state index is 13.2. The van der Waals surface area contributed by atoms with Gasteiger partial charge in [0.05, 0.1) is 6.04 Å². The van der Waals surface area contributed by atoms with Crippen molar-refractivity contribution in [1.82, 2.24) is 10.2 Å². The molecule has 1 fully saturated rings. The van der Waals surface area contributed by atoms with E-state index in [1.165, 1.54) is 11.9 Å². The van der Waals surface area contributed by atoms with Crippen molar-refractivity contribution in [3.05, 3.63) is 0 Å². The highest BCUT2D eigenvalue weighted by Gasteiger charge is 2.50. The molecule has 0 aromatic carbocycles. The van der Waals surface area contributed by atoms with Gasteiger partial charge in [0, 0.05) is 13.1 Å². The molecule has 19 heavy (non-hydrogen) atoms. The van der Waals surface area contributed by atoms with Gasteiger partial charge in [-0.25, -0.2) is 0 Å². The second kappa shape index (κ2) is 6.56. The summed E-state index contributed by atoms with van der Waals surface area (Å²) in [4.78, 5) is 13.0. The van der Waals surface area contributed by atoms with Crippen LogP contribution in [0.5, 0.6) is 0 Å². The van der Waals surface area contributed by atoms with Gasteiger partial charge in [0.15, 0.2) is 0 Å². The summed E-state index contributed by atoms with van der Waals surface area (Å²) in [5.41, 5.74) is 5.64. The zero-order chi connectivity index (χ0) is 14.6. The van der Waals surface area contributed by atoms with E-state index in [0.29, 0.717) is 12.8 Å². The van der Waals surface area contributed by atoms with Crippen molar-refractivity contribution < 1.29 is 18.0 Å². The van der Waals surface area contributed by atoms with Crippen LogP contribution in [0, 0.1) is 0 Å². The summed E-state index contributed by atoms with van der Waals surface area (Å²) in [6, 6.07) is -3.49. The predicted octanol–water partition coefficient (Wildman–Crippen LogP) is 1.26. The van der Waals surface area contributed by atoms with E-state index in [9.17, 15) is 18.0 Å². The number of carbonyl (C=O) groups excluding carboxylic acids is 1. The molecule has 3 atom stereocenters. The van der Waals surface area contributed by atoms with E-state index in [2.05, 4.69) is 5.32 Å². The molecule has 0 aromatic heterocycles. The van der Waals surface area contributed by atoms with Crippen LogP contribution in [-0.4, -0.2) is 48.7 Å². The SMILES string of the molecule is CCC(N)C(N1CCCCC1C(=O)NC)C(F)(F)F. The average Bonchev–Trinajstić information content (AvgIpc) is 2.36. The third-order valence-electron chi connectivity index (χ3n) is 3.66. The molecule has 7 heteroatoms. The fourth-order valence-electron chi connectivity index (χ4n) is 2.63. The summed E-state index contributed by atoms with van der Waals surface area (Å²) in [6.45, 7) is 1.89. The quantitative estimate of drug-likeness (QED) is 0.815. The molecule has 3 unspecified atom stereocenters. The Morgan fingerprint density at radius 3 is 2.58 bits per heavy atom. The van der Waals surface area contributed by atoms with Gasteiger partial charge < -0.3 is 11.1 Å². The molecule has 1 aliphatic rings. The first kappa shape index (κ1) is 16.2. The normalized spacial score (nSPS) is 24.8. The van der Waals surface area contributed by atoms with Crippen molar-refractivity contribution in [2.45, 2.75) is 56.9 Å².